The minimum Gasteiger partial charge on any atom is -0.466 e. The van der Waals surface area contributed by atoms with E-state index in [1.807, 2.05) is 58.9 Å². The highest BCUT2D eigenvalue weighted by atomic mass is 19.1. The molecule has 486 valence electrons. The van der Waals surface area contributed by atoms with Crippen molar-refractivity contribution in [3.8, 4) is 0 Å². The number of ether oxygens (including phenoxy) is 6. The van der Waals surface area contributed by atoms with Crippen molar-refractivity contribution in [2.75, 3.05) is 26.4 Å². The smallest absolute Gasteiger partial charge is 0.313 e. The van der Waals surface area contributed by atoms with Crippen LogP contribution >= 0.6 is 0 Å². The van der Waals surface area contributed by atoms with Crippen LogP contribution in [0.2, 0.25) is 0 Å². The summed E-state index contributed by atoms with van der Waals surface area (Å²) in [7, 11) is 0. The van der Waals surface area contributed by atoms with E-state index < -0.39 is 6.10 Å². The van der Waals surface area contributed by atoms with Crippen LogP contribution in [0.5, 0.6) is 0 Å². The third kappa shape index (κ3) is 16.7. The zero-order valence-corrected chi connectivity index (χ0v) is 53.5. The SMILES string of the molecule is CCCCN1C2CCC1[C@@H](C(=O)OCC)[C@@H](OC(c1ccc(F)cc1)c1ccc(F)cc1)C2.CCOC(=O)[C@@H]1C2CCC(C2)C[C@@H]1OC(c1ccc(C)cc1)c1ccc(F)cc1.CCOC(=O)[C@@H]1C2CCC(C[C@@H]1OC(c1ccc(C)cc1)c1ccc(F)cc1)N2. The van der Waals surface area contributed by atoms with E-state index in [0.29, 0.717) is 43.7 Å². The van der Waals surface area contributed by atoms with Gasteiger partial charge in [-0.2, -0.15) is 0 Å². The molecule has 1 N–H and O–H groups in total. The molecule has 0 aromatic heterocycles. The van der Waals surface area contributed by atoms with Crippen molar-refractivity contribution in [1.82, 2.24) is 10.2 Å². The number of halogens is 4. The summed E-state index contributed by atoms with van der Waals surface area (Å²) in [4.78, 5) is 41.2. The second-order valence-electron chi connectivity index (χ2n) is 25.6. The number of rotatable bonds is 21. The Labute approximate surface area is 534 Å². The van der Waals surface area contributed by atoms with Crippen LogP contribution in [-0.4, -0.2) is 91.7 Å². The van der Waals surface area contributed by atoms with Crippen LogP contribution < -0.4 is 5.32 Å². The van der Waals surface area contributed by atoms with Crippen LogP contribution in [0.4, 0.5) is 17.6 Å². The topological polar surface area (TPSA) is 122 Å². The number of hydrogen-bond acceptors (Lipinski definition) is 11. The Balaban J connectivity index is 0.000000150. The third-order valence-corrected chi connectivity index (χ3v) is 19.5. The van der Waals surface area contributed by atoms with Crippen molar-refractivity contribution in [2.24, 2.45) is 29.6 Å². The zero-order chi connectivity index (χ0) is 64.1. The Morgan fingerprint density at radius 1 is 0.451 bits per heavy atom. The molecule has 0 radical (unpaired) electrons. The van der Waals surface area contributed by atoms with Gasteiger partial charge in [0.1, 0.15) is 41.6 Å². The molecule has 91 heavy (non-hydrogen) atoms. The number of carbonyl (C=O) groups excluding carboxylic acids is 3. The number of benzene rings is 6. The van der Waals surface area contributed by atoms with Gasteiger partial charge in [0.05, 0.1) is 55.9 Å². The number of aryl methyl sites for hydroxylation is 2. The molecule has 12 rings (SSSR count). The molecule has 4 aliphatic heterocycles. The first kappa shape index (κ1) is 67.1. The summed E-state index contributed by atoms with van der Waals surface area (Å²) < 4.78 is 90.6. The number of carbonyl (C=O) groups is 3. The Bertz CT molecular complexity index is 3000. The number of hydrogen-bond donors (Lipinski definition) is 1. The molecule has 14 atom stereocenters. The van der Waals surface area contributed by atoms with E-state index in [1.165, 1.54) is 54.1 Å². The van der Waals surface area contributed by atoms with Gasteiger partial charge >= 0.3 is 17.9 Å². The van der Waals surface area contributed by atoms with Gasteiger partial charge in [-0.05, 0) is 199 Å². The van der Waals surface area contributed by atoms with Crippen LogP contribution in [0.1, 0.15) is 168 Å². The lowest BCUT2D eigenvalue weighted by molar-refractivity contribution is -0.165. The summed E-state index contributed by atoms with van der Waals surface area (Å²) in [6.45, 7) is 13.8. The highest BCUT2D eigenvalue weighted by molar-refractivity contribution is 5.75. The number of fused-ring (bicyclic) bond motifs is 6. The predicted molar refractivity (Wildman–Crippen MR) is 342 cm³/mol. The maximum Gasteiger partial charge on any atom is 0.313 e. The van der Waals surface area contributed by atoms with Gasteiger partial charge < -0.3 is 33.7 Å². The first-order chi connectivity index (χ1) is 44.1. The Hall–Kier alpha value is -6.75. The van der Waals surface area contributed by atoms with E-state index in [0.717, 1.165) is 123 Å². The van der Waals surface area contributed by atoms with E-state index in [2.05, 4.69) is 41.4 Å². The van der Waals surface area contributed by atoms with Gasteiger partial charge in [-0.1, -0.05) is 128 Å². The minimum atomic E-state index is -0.533. The molecule has 2 aliphatic carbocycles. The van der Waals surface area contributed by atoms with Gasteiger partial charge in [-0.15, -0.1) is 0 Å². The molecule has 2 saturated carbocycles. The van der Waals surface area contributed by atoms with Gasteiger partial charge in [0.2, 0.25) is 0 Å². The number of esters is 3. The molecule has 4 saturated heterocycles. The normalized spacial score (nSPS) is 26.1. The second kappa shape index (κ2) is 31.7. The van der Waals surface area contributed by atoms with E-state index in [4.69, 9.17) is 28.4 Å². The molecule has 15 heteroatoms. The number of nitrogens with one attached hydrogen (secondary N) is 1. The molecule has 8 unspecified atom stereocenters. The lowest BCUT2D eigenvalue weighted by Gasteiger charge is -2.44. The van der Waals surface area contributed by atoms with Crippen LogP contribution in [0.3, 0.4) is 0 Å². The molecule has 6 aromatic rings. The average Bonchev–Trinajstić information content (AvgIpc) is 1.74. The molecule has 4 heterocycles. The fraction of sp³-hybridized carbons (Fsp3) is 0.487. The summed E-state index contributed by atoms with van der Waals surface area (Å²) in [6.07, 6.45) is 9.92. The minimum absolute atomic E-state index is 0.0877. The highest BCUT2D eigenvalue weighted by Crippen LogP contribution is 2.49. The van der Waals surface area contributed by atoms with Crippen LogP contribution in [0.15, 0.2) is 146 Å². The fourth-order valence-corrected chi connectivity index (χ4v) is 15.1. The standard InChI is InChI=1S/C27H33F2NO3.C25H29FO3.C24H28FNO3/c1-3-5-16-30-22-14-15-23(30)25(27(31)32-4-2)24(17-22)33-26(18-6-10-20(28)11-7-18)19-8-12-21(29)13-9-19;1-3-28-25(27)23-20-9-6-17(14-20)15-22(23)29-24(18-7-4-16(2)5-8-18)19-10-12-21(26)13-11-19;1-3-28-24(27)22-20-13-12-19(26-20)14-21(22)29-23(16-6-4-15(2)5-7-16)17-8-10-18(25)11-9-17/h6-13,22-26H,3-5,14-17H2,1-2H3;4-5,7-8,10-13,17,20,22-24H,3,6,9,14-15H2,1-2H3;4-11,19-23,26H,3,12-14H2,1-2H3/t22?,23?,24-,25+;17?,20?,22-,23+,24?;19?,20?,21-,22+,23?/m000/s1. The summed E-state index contributed by atoms with van der Waals surface area (Å²) in [5.74, 6) is -1.74. The molecule has 0 amide bonds. The summed E-state index contributed by atoms with van der Waals surface area (Å²) in [5, 5.41) is 3.55. The number of unbranched alkanes of at least 4 members (excludes halogenated alkanes) is 1. The third-order valence-electron chi connectivity index (χ3n) is 19.5. The molecular weight excluding hydrogens is 1160 g/mol. The Morgan fingerprint density at radius 3 is 1.27 bits per heavy atom. The molecule has 6 bridgehead atoms. The summed E-state index contributed by atoms with van der Waals surface area (Å²) in [6, 6.07) is 42.6. The lowest BCUT2D eigenvalue weighted by atomic mass is 9.77. The molecule has 6 aromatic carbocycles. The van der Waals surface area contributed by atoms with Crippen molar-refractivity contribution < 1.29 is 60.4 Å². The van der Waals surface area contributed by atoms with Gasteiger partial charge in [-0.3, -0.25) is 19.3 Å². The average molecular weight is 1250 g/mol. The lowest BCUT2D eigenvalue weighted by Crippen LogP contribution is -2.55. The maximum atomic E-state index is 13.6. The van der Waals surface area contributed by atoms with Crippen LogP contribution in [0.25, 0.3) is 0 Å². The molecule has 6 fully saturated rings. The van der Waals surface area contributed by atoms with E-state index >= 15 is 0 Å². The van der Waals surface area contributed by atoms with Crippen LogP contribution in [-0.2, 0) is 42.8 Å². The monoisotopic (exact) mass is 1250 g/mol. The van der Waals surface area contributed by atoms with Gasteiger partial charge in [0.25, 0.3) is 0 Å². The van der Waals surface area contributed by atoms with E-state index in [9.17, 15) is 31.9 Å². The maximum absolute atomic E-state index is 13.6. The largest absolute Gasteiger partial charge is 0.466 e. The Kier molecular flexibility index (Phi) is 23.4. The van der Waals surface area contributed by atoms with Crippen molar-refractivity contribution in [3.05, 3.63) is 213 Å². The fourth-order valence-electron chi connectivity index (χ4n) is 15.1. The van der Waals surface area contributed by atoms with Gasteiger partial charge in [0.15, 0.2) is 0 Å². The molecule has 6 aliphatic rings. The first-order valence-electron chi connectivity index (χ1n) is 33.2. The van der Waals surface area contributed by atoms with Crippen molar-refractivity contribution >= 4 is 17.9 Å². The van der Waals surface area contributed by atoms with E-state index in [-0.39, 0.29) is 102 Å². The molecular formula is C76H90F4N2O9. The second-order valence-corrected chi connectivity index (χ2v) is 25.6. The number of piperidine rings is 2. The Morgan fingerprint density at radius 2 is 0.846 bits per heavy atom. The van der Waals surface area contributed by atoms with Gasteiger partial charge in [0, 0.05) is 24.2 Å². The summed E-state index contributed by atoms with van der Waals surface area (Å²) in [5.41, 5.74) is 7.67. The number of nitrogens with zero attached hydrogens (tertiary/aromatic N) is 1. The summed E-state index contributed by atoms with van der Waals surface area (Å²) >= 11 is 0. The first-order valence-corrected chi connectivity index (χ1v) is 33.2. The highest BCUT2D eigenvalue weighted by Gasteiger charge is 2.53. The van der Waals surface area contributed by atoms with Crippen molar-refractivity contribution in [1.29, 1.82) is 0 Å². The van der Waals surface area contributed by atoms with Crippen molar-refractivity contribution in [2.45, 2.75) is 179 Å². The van der Waals surface area contributed by atoms with Crippen molar-refractivity contribution in [3.63, 3.8) is 0 Å². The zero-order valence-electron chi connectivity index (χ0n) is 53.5. The molecule has 0 spiro atoms. The quantitative estimate of drug-likeness (QED) is 0.0421. The van der Waals surface area contributed by atoms with Gasteiger partial charge in [-0.25, -0.2) is 17.6 Å². The predicted octanol–water partition coefficient (Wildman–Crippen LogP) is 15.6. The molecule has 11 nitrogen and oxygen atoms in total. The van der Waals surface area contributed by atoms with Crippen LogP contribution in [0, 0.1) is 66.7 Å². The van der Waals surface area contributed by atoms with E-state index in [1.54, 1.807) is 48.5 Å².